The topological polar surface area (TPSA) is 70.7 Å². The monoisotopic (exact) mass is 359 g/mol. The van der Waals surface area contributed by atoms with Crippen LogP contribution in [-0.2, 0) is 4.79 Å². The predicted molar refractivity (Wildman–Crippen MR) is 101 cm³/mol. The molecule has 26 heavy (non-hydrogen) atoms. The standard InChI is InChI=1S/C20H29N3O3/c1-3-26-17-10-8-16(9-11-17)23-13-15(12-19(23)24)21-20(25)22-18-7-5-4-6-14(18)2/h8-11,14-15,18H,3-7,12-13H2,1-2H3,(H2,21,22,25)/t14-,15-,18+/m1/s1. The molecule has 1 aliphatic heterocycles. The summed E-state index contributed by atoms with van der Waals surface area (Å²) in [4.78, 5) is 26.4. The Morgan fingerprint density at radius 2 is 1.92 bits per heavy atom. The zero-order chi connectivity index (χ0) is 18.5. The van der Waals surface area contributed by atoms with Crippen LogP contribution in [0.1, 0.15) is 46.0 Å². The minimum atomic E-state index is -0.159. The first-order valence-electron chi connectivity index (χ1n) is 9.67. The Balaban J connectivity index is 1.53. The highest BCUT2D eigenvalue weighted by Gasteiger charge is 2.32. The van der Waals surface area contributed by atoms with Crippen LogP contribution in [0.15, 0.2) is 24.3 Å². The van der Waals surface area contributed by atoms with Crippen molar-refractivity contribution < 1.29 is 14.3 Å². The fourth-order valence-electron chi connectivity index (χ4n) is 3.87. The number of hydrogen-bond donors (Lipinski definition) is 2. The summed E-state index contributed by atoms with van der Waals surface area (Å²) in [6.45, 7) is 5.24. The molecule has 2 N–H and O–H groups in total. The van der Waals surface area contributed by atoms with Gasteiger partial charge in [-0.3, -0.25) is 4.79 Å². The summed E-state index contributed by atoms with van der Waals surface area (Å²) in [6.07, 6.45) is 4.95. The van der Waals surface area contributed by atoms with E-state index in [2.05, 4.69) is 17.6 Å². The van der Waals surface area contributed by atoms with Gasteiger partial charge in [0.05, 0.1) is 12.6 Å². The van der Waals surface area contributed by atoms with Crippen LogP contribution >= 0.6 is 0 Å². The number of carbonyl (C=O) groups excluding carboxylic acids is 2. The fraction of sp³-hybridized carbons (Fsp3) is 0.600. The number of nitrogens with zero attached hydrogens (tertiary/aromatic N) is 1. The molecule has 1 saturated heterocycles. The van der Waals surface area contributed by atoms with Crippen LogP contribution in [0.4, 0.5) is 10.5 Å². The molecule has 1 aromatic rings. The summed E-state index contributed by atoms with van der Waals surface area (Å²) >= 11 is 0. The normalized spacial score (nSPS) is 25.8. The quantitative estimate of drug-likeness (QED) is 0.849. The highest BCUT2D eigenvalue weighted by Crippen LogP contribution is 2.25. The van der Waals surface area contributed by atoms with Gasteiger partial charge in [0.15, 0.2) is 0 Å². The minimum Gasteiger partial charge on any atom is -0.494 e. The molecule has 142 valence electrons. The molecular weight excluding hydrogens is 330 g/mol. The maximum atomic E-state index is 12.3. The average Bonchev–Trinajstić information content (AvgIpc) is 2.98. The molecule has 3 amide bonds. The van der Waals surface area contributed by atoms with Crippen molar-refractivity contribution in [3.05, 3.63) is 24.3 Å². The summed E-state index contributed by atoms with van der Waals surface area (Å²) in [5.74, 6) is 1.34. The Kier molecular flexibility index (Phi) is 6.01. The smallest absolute Gasteiger partial charge is 0.315 e. The Labute approximate surface area is 155 Å². The summed E-state index contributed by atoms with van der Waals surface area (Å²) in [7, 11) is 0. The second-order valence-corrected chi connectivity index (χ2v) is 7.32. The van der Waals surface area contributed by atoms with E-state index in [1.54, 1.807) is 4.90 Å². The van der Waals surface area contributed by atoms with Crippen LogP contribution in [-0.4, -0.2) is 37.2 Å². The van der Waals surface area contributed by atoms with Crippen molar-refractivity contribution in [1.29, 1.82) is 0 Å². The largest absolute Gasteiger partial charge is 0.494 e. The van der Waals surface area contributed by atoms with Crippen LogP contribution in [0.2, 0.25) is 0 Å². The van der Waals surface area contributed by atoms with E-state index in [-0.39, 0.29) is 24.0 Å². The molecule has 6 heteroatoms. The van der Waals surface area contributed by atoms with Gasteiger partial charge < -0.3 is 20.3 Å². The van der Waals surface area contributed by atoms with Gasteiger partial charge in [-0.15, -0.1) is 0 Å². The molecule has 0 radical (unpaired) electrons. The molecule has 1 aliphatic carbocycles. The number of benzene rings is 1. The van der Waals surface area contributed by atoms with Crippen molar-refractivity contribution in [1.82, 2.24) is 10.6 Å². The summed E-state index contributed by atoms with van der Waals surface area (Å²) in [6, 6.07) is 7.42. The zero-order valence-corrected chi connectivity index (χ0v) is 15.7. The van der Waals surface area contributed by atoms with Gasteiger partial charge in [0.25, 0.3) is 0 Å². The second kappa shape index (κ2) is 8.43. The highest BCUT2D eigenvalue weighted by atomic mass is 16.5. The molecule has 1 saturated carbocycles. The number of rotatable bonds is 5. The molecule has 0 spiro atoms. The van der Waals surface area contributed by atoms with Gasteiger partial charge in [-0.1, -0.05) is 19.8 Å². The number of amides is 3. The Morgan fingerprint density at radius 1 is 1.19 bits per heavy atom. The third-order valence-electron chi connectivity index (χ3n) is 5.35. The lowest BCUT2D eigenvalue weighted by atomic mass is 9.86. The van der Waals surface area contributed by atoms with Gasteiger partial charge in [-0.2, -0.15) is 0 Å². The van der Waals surface area contributed by atoms with Gasteiger partial charge in [-0.25, -0.2) is 4.79 Å². The maximum Gasteiger partial charge on any atom is 0.315 e. The highest BCUT2D eigenvalue weighted by molar-refractivity contribution is 5.96. The van der Waals surface area contributed by atoms with E-state index < -0.39 is 0 Å². The van der Waals surface area contributed by atoms with Gasteiger partial charge in [0.1, 0.15) is 5.75 Å². The number of carbonyl (C=O) groups is 2. The van der Waals surface area contributed by atoms with E-state index in [9.17, 15) is 9.59 Å². The number of hydrogen-bond acceptors (Lipinski definition) is 3. The third-order valence-corrected chi connectivity index (χ3v) is 5.35. The Morgan fingerprint density at radius 3 is 2.62 bits per heavy atom. The van der Waals surface area contributed by atoms with Crippen molar-refractivity contribution in [2.75, 3.05) is 18.1 Å². The SMILES string of the molecule is CCOc1ccc(N2C[C@H](NC(=O)N[C@H]3CCCC[C@H]3C)CC2=O)cc1. The van der Waals surface area contributed by atoms with Gasteiger partial charge in [0.2, 0.25) is 5.91 Å². The van der Waals surface area contributed by atoms with Gasteiger partial charge in [-0.05, 0) is 49.9 Å². The molecule has 3 atom stereocenters. The molecule has 0 bridgehead atoms. The molecule has 1 heterocycles. The van der Waals surface area contributed by atoms with E-state index >= 15 is 0 Å². The van der Waals surface area contributed by atoms with E-state index in [4.69, 9.17) is 4.74 Å². The van der Waals surface area contributed by atoms with E-state index in [1.165, 1.54) is 19.3 Å². The summed E-state index contributed by atoms with van der Waals surface area (Å²) in [5, 5.41) is 6.06. The number of urea groups is 1. The lowest BCUT2D eigenvalue weighted by Gasteiger charge is -2.30. The second-order valence-electron chi connectivity index (χ2n) is 7.32. The van der Waals surface area contributed by atoms with Crippen LogP contribution in [0.5, 0.6) is 5.75 Å². The van der Waals surface area contributed by atoms with Crippen LogP contribution < -0.4 is 20.3 Å². The predicted octanol–water partition coefficient (Wildman–Crippen LogP) is 3.07. The molecule has 6 nitrogen and oxygen atoms in total. The number of nitrogens with one attached hydrogen (secondary N) is 2. The van der Waals surface area contributed by atoms with Crippen molar-refractivity contribution in [2.24, 2.45) is 5.92 Å². The number of anilines is 1. The molecule has 2 aliphatic rings. The van der Waals surface area contributed by atoms with E-state index in [0.717, 1.165) is 17.9 Å². The maximum absolute atomic E-state index is 12.3. The third kappa shape index (κ3) is 4.48. The van der Waals surface area contributed by atoms with Crippen molar-refractivity contribution in [2.45, 2.75) is 58.0 Å². The average molecular weight is 359 g/mol. The molecule has 0 aromatic heterocycles. The first-order valence-corrected chi connectivity index (χ1v) is 9.67. The summed E-state index contributed by atoms with van der Waals surface area (Å²) in [5.41, 5.74) is 0.837. The van der Waals surface area contributed by atoms with Crippen LogP contribution in [0.25, 0.3) is 0 Å². The molecular formula is C20H29N3O3. The number of ether oxygens (including phenoxy) is 1. The van der Waals surface area contributed by atoms with Crippen molar-refractivity contribution >= 4 is 17.6 Å². The van der Waals surface area contributed by atoms with Crippen molar-refractivity contribution in [3.8, 4) is 5.75 Å². The van der Waals surface area contributed by atoms with E-state index in [0.29, 0.717) is 25.5 Å². The zero-order valence-electron chi connectivity index (χ0n) is 15.7. The van der Waals surface area contributed by atoms with Crippen molar-refractivity contribution in [3.63, 3.8) is 0 Å². The minimum absolute atomic E-state index is 0.0329. The molecule has 1 aromatic carbocycles. The van der Waals surface area contributed by atoms with Crippen LogP contribution in [0, 0.1) is 5.92 Å². The first kappa shape index (κ1) is 18.5. The van der Waals surface area contributed by atoms with Gasteiger partial charge >= 0.3 is 6.03 Å². The lowest BCUT2D eigenvalue weighted by Crippen LogP contribution is -2.49. The van der Waals surface area contributed by atoms with E-state index in [1.807, 2.05) is 31.2 Å². The fourth-order valence-corrected chi connectivity index (χ4v) is 3.87. The van der Waals surface area contributed by atoms with Gasteiger partial charge in [0, 0.05) is 24.7 Å². The lowest BCUT2D eigenvalue weighted by molar-refractivity contribution is -0.117. The Hall–Kier alpha value is -2.24. The molecule has 2 fully saturated rings. The first-order chi connectivity index (χ1) is 12.6. The van der Waals surface area contributed by atoms with Crippen LogP contribution in [0.3, 0.4) is 0 Å². The molecule has 3 rings (SSSR count). The summed E-state index contributed by atoms with van der Waals surface area (Å²) < 4.78 is 5.44. The Bertz CT molecular complexity index is 632. The molecule has 0 unspecified atom stereocenters.